The maximum absolute atomic E-state index is 13.3. The Kier molecular flexibility index (Phi) is 6.06. The monoisotopic (exact) mass is 396 g/mol. The zero-order chi connectivity index (χ0) is 20.1. The molecule has 1 amide bonds. The van der Waals surface area contributed by atoms with Gasteiger partial charge in [-0.15, -0.1) is 11.3 Å². The molecule has 0 N–H and O–H groups in total. The summed E-state index contributed by atoms with van der Waals surface area (Å²) in [5.41, 5.74) is 1.52. The number of nitro groups is 1. The lowest BCUT2D eigenvalue weighted by Crippen LogP contribution is -2.30. The molecule has 0 saturated carbocycles. The van der Waals surface area contributed by atoms with E-state index < -0.39 is 4.92 Å². The van der Waals surface area contributed by atoms with Gasteiger partial charge in [0.05, 0.1) is 25.1 Å². The first-order valence-electron chi connectivity index (χ1n) is 8.68. The van der Waals surface area contributed by atoms with E-state index in [1.54, 1.807) is 42.4 Å². The van der Waals surface area contributed by atoms with E-state index in [-0.39, 0.29) is 11.6 Å². The highest BCUT2D eigenvalue weighted by Crippen LogP contribution is 2.26. The number of benzene rings is 2. The third kappa shape index (κ3) is 4.20. The number of amides is 1. The van der Waals surface area contributed by atoms with E-state index in [2.05, 4.69) is 0 Å². The summed E-state index contributed by atoms with van der Waals surface area (Å²) >= 11 is 1.56. The Hall–Kier alpha value is -3.19. The maximum Gasteiger partial charge on any atom is 0.273 e. The molecule has 0 saturated heterocycles. The van der Waals surface area contributed by atoms with E-state index >= 15 is 0 Å². The van der Waals surface area contributed by atoms with Crippen molar-refractivity contribution in [2.45, 2.75) is 20.0 Å². The topological polar surface area (TPSA) is 72.7 Å². The van der Waals surface area contributed by atoms with Gasteiger partial charge in [-0.3, -0.25) is 14.9 Å². The minimum atomic E-state index is -0.462. The minimum Gasteiger partial charge on any atom is -0.496 e. The van der Waals surface area contributed by atoms with Gasteiger partial charge in [0.25, 0.3) is 11.6 Å². The molecule has 2 aromatic carbocycles. The van der Waals surface area contributed by atoms with Crippen LogP contribution in [-0.2, 0) is 13.1 Å². The summed E-state index contributed by atoms with van der Waals surface area (Å²) in [6.07, 6.45) is 0. The lowest BCUT2D eigenvalue weighted by Gasteiger charge is -2.24. The summed E-state index contributed by atoms with van der Waals surface area (Å²) in [5.74, 6) is 0.447. The van der Waals surface area contributed by atoms with Crippen molar-refractivity contribution in [3.8, 4) is 5.75 Å². The first-order valence-corrected chi connectivity index (χ1v) is 9.56. The van der Waals surface area contributed by atoms with Crippen LogP contribution in [0, 0.1) is 17.0 Å². The van der Waals surface area contributed by atoms with Crippen LogP contribution in [0.4, 0.5) is 5.69 Å². The number of carbonyl (C=O) groups is 1. The number of para-hydroxylation sites is 1. The Morgan fingerprint density at radius 2 is 1.89 bits per heavy atom. The number of hydrogen-bond acceptors (Lipinski definition) is 5. The molecule has 0 unspecified atom stereocenters. The zero-order valence-electron chi connectivity index (χ0n) is 15.6. The van der Waals surface area contributed by atoms with Gasteiger partial charge < -0.3 is 9.64 Å². The SMILES string of the molecule is COc1ccccc1CN(Cc1cccs1)C(=O)c1cccc([N+](=O)[O-])c1C. The second-order valence-corrected chi connectivity index (χ2v) is 7.29. The van der Waals surface area contributed by atoms with E-state index in [0.717, 1.165) is 10.4 Å². The van der Waals surface area contributed by atoms with Crippen LogP contribution in [0.5, 0.6) is 5.75 Å². The van der Waals surface area contributed by atoms with Gasteiger partial charge in [-0.05, 0) is 30.5 Å². The van der Waals surface area contributed by atoms with Crippen LogP contribution in [0.2, 0.25) is 0 Å². The van der Waals surface area contributed by atoms with E-state index in [1.165, 1.54) is 6.07 Å². The van der Waals surface area contributed by atoms with Crippen LogP contribution in [0.15, 0.2) is 60.0 Å². The van der Waals surface area contributed by atoms with Crippen molar-refractivity contribution in [1.29, 1.82) is 0 Å². The molecule has 0 radical (unpaired) electrons. The van der Waals surface area contributed by atoms with Gasteiger partial charge in [-0.1, -0.05) is 30.3 Å². The second-order valence-electron chi connectivity index (χ2n) is 6.26. The summed E-state index contributed by atoms with van der Waals surface area (Å²) in [5, 5.41) is 13.2. The largest absolute Gasteiger partial charge is 0.496 e. The van der Waals surface area contributed by atoms with Crippen molar-refractivity contribution in [3.05, 3.63) is 91.7 Å². The van der Waals surface area contributed by atoms with E-state index in [4.69, 9.17) is 4.74 Å². The quantitative estimate of drug-likeness (QED) is 0.424. The average Bonchev–Trinajstić information content (AvgIpc) is 3.20. The Bertz CT molecular complexity index is 986. The fraction of sp³-hybridized carbons (Fsp3) is 0.190. The molecular weight excluding hydrogens is 376 g/mol. The van der Waals surface area contributed by atoms with Gasteiger partial charge in [0, 0.05) is 27.6 Å². The minimum absolute atomic E-state index is 0.0563. The summed E-state index contributed by atoms with van der Waals surface area (Å²) in [7, 11) is 1.59. The molecule has 3 rings (SSSR count). The Morgan fingerprint density at radius 1 is 1.11 bits per heavy atom. The van der Waals surface area contributed by atoms with Gasteiger partial charge in [0.1, 0.15) is 5.75 Å². The van der Waals surface area contributed by atoms with Crippen LogP contribution in [0.1, 0.15) is 26.4 Å². The third-order valence-electron chi connectivity index (χ3n) is 4.50. The van der Waals surface area contributed by atoms with Crippen molar-refractivity contribution >= 4 is 22.9 Å². The Morgan fingerprint density at radius 3 is 2.57 bits per heavy atom. The van der Waals surface area contributed by atoms with Crippen LogP contribution in [0.25, 0.3) is 0 Å². The summed E-state index contributed by atoms with van der Waals surface area (Å²) in [4.78, 5) is 26.9. The Labute approximate surface area is 167 Å². The van der Waals surface area contributed by atoms with Gasteiger partial charge in [-0.2, -0.15) is 0 Å². The van der Waals surface area contributed by atoms with Gasteiger partial charge in [0.2, 0.25) is 0 Å². The van der Waals surface area contributed by atoms with Crippen LogP contribution in [-0.4, -0.2) is 22.8 Å². The zero-order valence-corrected chi connectivity index (χ0v) is 16.4. The Balaban J connectivity index is 1.98. The lowest BCUT2D eigenvalue weighted by molar-refractivity contribution is -0.385. The number of carbonyl (C=O) groups excluding carboxylic acids is 1. The predicted octanol–water partition coefficient (Wildman–Crippen LogP) is 4.82. The van der Waals surface area contributed by atoms with E-state index in [9.17, 15) is 14.9 Å². The number of nitro benzene ring substituents is 1. The third-order valence-corrected chi connectivity index (χ3v) is 5.36. The van der Waals surface area contributed by atoms with Crippen molar-refractivity contribution < 1.29 is 14.5 Å². The highest BCUT2D eigenvalue weighted by molar-refractivity contribution is 7.09. The molecule has 7 heteroatoms. The lowest BCUT2D eigenvalue weighted by atomic mass is 10.0. The van der Waals surface area contributed by atoms with Gasteiger partial charge in [-0.25, -0.2) is 0 Å². The second kappa shape index (κ2) is 8.67. The molecule has 0 aliphatic heterocycles. The molecule has 0 aliphatic rings. The van der Waals surface area contributed by atoms with Gasteiger partial charge in [0.15, 0.2) is 0 Å². The number of thiophene rings is 1. The van der Waals surface area contributed by atoms with Crippen molar-refractivity contribution in [3.63, 3.8) is 0 Å². The van der Waals surface area contributed by atoms with Crippen molar-refractivity contribution in [2.75, 3.05) is 7.11 Å². The van der Waals surface area contributed by atoms with Gasteiger partial charge >= 0.3 is 0 Å². The molecule has 0 spiro atoms. The van der Waals surface area contributed by atoms with Crippen LogP contribution in [0.3, 0.4) is 0 Å². The molecule has 0 atom stereocenters. The number of nitrogens with zero attached hydrogens (tertiary/aromatic N) is 2. The molecule has 6 nitrogen and oxygen atoms in total. The number of methoxy groups -OCH3 is 1. The first-order chi connectivity index (χ1) is 13.5. The van der Waals surface area contributed by atoms with E-state index in [0.29, 0.717) is 30.0 Å². The molecule has 1 heterocycles. The predicted molar refractivity (Wildman–Crippen MR) is 109 cm³/mol. The summed E-state index contributed by atoms with van der Waals surface area (Å²) in [6.45, 7) is 2.36. The summed E-state index contributed by atoms with van der Waals surface area (Å²) < 4.78 is 5.42. The number of rotatable bonds is 7. The number of ether oxygens (including phenoxy) is 1. The molecule has 0 aliphatic carbocycles. The van der Waals surface area contributed by atoms with E-state index in [1.807, 2.05) is 41.8 Å². The fourth-order valence-electron chi connectivity index (χ4n) is 3.05. The standard InChI is InChI=1S/C21H20N2O4S/c1-15-18(9-5-10-19(15)23(25)26)21(24)22(14-17-8-6-12-28-17)13-16-7-3-4-11-20(16)27-2/h3-12H,13-14H2,1-2H3. The van der Waals surface area contributed by atoms with Crippen LogP contribution >= 0.6 is 11.3 Å². The highest BCUT2D eigenvalue weighted by atomic mass is 32.1. The first kappa shape index (κ1) is 19.6. The molecule has 144 valence electrons. The highest BCUT2D eigenvalue weighted by Gasteiger charge is 2.23. The molecular formula is C21H20N2O4S. The molecule has 0 bridgehead atoms. The normalized spacial score (nSPS) is 10.5. The van der Waals surface area contributed by atoms with Crippen molar-refractivity contribution in [1.82, 2.24) is 4.90 Å². The summed E-state index contributed by atoms with van der Waals surface area (Å²) in [6, 6.07) is 16.0. The molecule has 28 heavy (non-hydrogen) atoms. The van der Waals surface area contributed by atoms with Crippen molar-refractivity contribution in [2.24, 2.45) is 0 Å². The number of hydrogen-bond donors (Lipinski definition) is 0. The fourth-order valence-corrected chi connectivity index (χ4v) is 3.77. The van der Waals surface area contributed by atoms with Crippen LogP contribution < -0.4 is 4.74 Å². The maximum atomic E-state index is 13.3. The average molecular weight is 396 g/mol. The smallest absolute Gasteiger partial charge is 0.273 e. The molecule has 1 aromatic heterocycles. The molecule has 3 aromatic rings. The molecule has 0 fully saturated rings.